The van der Waals surface area contributed by atoms with Crippen molar-refractivity contribution >= 4 is 15.9 Å². The number of hydrogen-bond acceptors (Lipinski definition) is 1. The van der Waals surface area contributed by atoms with E-state index in [9.17, 15) is 0 Å². The first-order valence-corrected chi connectivity index (χ1v) is 2.49. The molecule has 0 aromatic rings. The van der Waals surface area contributed by atoms with Gasteiger partial charge in [-0.05, 0) is 22.9 Å². The van der Waals surface area contributed by atoms with Crippen LogP contribution in [0.3, 0.4) is 0 Å². The lowest BCUT2D eigenvalue weighted by atomic mass is 10.5. The van der Waals surface area contributed by atoms with E-state index in [1.54, 1.807) is 0 Å². The van der Waals surface area contributed by atoms with Gasteiger partial charge in [0.25, 0.3) is 0 Å². The van der Waals surface area contributed by atoms with Gasteiger partial charge in [-0.2, -0.15) is 0 Å². The highest BCUT2D eigenvalue weighted by molar-refractivity contribution is 9.12. The Morgan fingerprint density at radius 3 is 2.29 bits per heavy atom. The fourth-order valence-electron chi connectivity index (χ4n) is 0.104. The van der Waals surface area contributed by atoms with E-state index in [-0.39, 0.29) is 5.76 Å². The third-order valence-corrected chi connectivity index (χ3v) is 1.25. The summed E-state index contributed by atoms with van der Waals surface area (Å²) < 4.78 is 0.410. The topological polar surface area (TPSA) is 20.2 Å². The molecule has 0 aliphatic rings. The molecule has 1 nitrogen and oxygen atoms in total. The molecule has 0 saturated carbocycles. The molecule has 0 aromatic heterocycles. The van der Waals surface area contributed by atoms with Crippen molar-refractivity contribution in [3.63, 3.8) is 0 Å². The molecule has 2 heteroatoms. The minimum absolute atomic E-state index is 0.141. The molecule has 1 N–H and O–H groups in total. The monoisotopic (exact) mass is 160 g/mol. The van der Waals surface area contributed by atoms with E-state index in [1.807, 2.05) is 0 Å². The standard InChI is InChI=1S/C5H5BrO/c1-3-5(6)4(2)7/h1,7H,2H3/b5-4+. The number of terminal acetylenes is 1. The van der Waals surface area contributed by atoms with Gasteiger partial charge in [-0.15, -0.1) is 6.42 Å². The molecule has 0 amide bonds. The van der Waals surface area contributed by atoms with Gasteiger partial charge >= 0.3 is 0 Å². The van der Waals surface area contributed by atoms with Crippen molar-refractivity contribution in [3.05, 3.63) is 10.2 Å². The summed E-state index contributed by atoms with van der Waals surface area (Å²) in [5.74, 6) is 2.35. The quantitative estimate of drug-likeness (QED) is 0.424. The van der Waals surface area contributed by atoms with Crippen molar-refractivity contribution in [1.82, 2.24) is 0 Å². The van der Waals surface area contributed by atoms with Crippen LogP contribution < -0.4 is 0 Å². The molecule has 7 heavy (non-hydrogen) atoms. The van der Waals surface area contributed by atoms with Crippen molar-refractivity contribution in [1.29, 1.82) is 0 Å². The number of aliphatic hydroxyl groups excluding tert-OH is 1. The van der Waals surface area contributed by atoms with Crippen LogP contribution in [0.1, 0.15) is 6.92 Å². The predicted octanol–water partition coefficient (Wildman–Crippen LogP) is 1.80. The minimum atomic E-state index is 0.141. The van der Waals surface area contributed by atoms with Crippen molar-refractivity contribution in [3.8, 4) is 12.3 Å². The molecule has 0 heterocycles. The molecular formula is C5H5BrO. The minimum Gasteiger partial charge on any atom is -0.511 e. The van der Waals surface area contributed by atoms with E-state index in [2.05, 4.69) is 21.9 Å². The molecule has 0 atom stereocenters. The van der Waals surface area contributed by atoms with Gasteiger partial charge in [-0.25, -0.2) is 0 Å². The van der Waals surface area contributed by atoms with Gasteiger partial charge in [0.15, 0.2) is 0 Å². The summed E-state index contributed by atoms with van der Waals surface area (Å²) in [6.45, 7) is 1.52. The zero-order chi connectivity index (χ0) is 5.86. The van der Waals surface area contributed by atoms with Gasteiger partial charge in [0.2, 0.25) is 0 Å². The molecule has 0 saturated heterocycles. The van der Waals surface area contributed by atoms with Gasteiger partial charge in [0, 0.05) is 0 Å². The third kappa shape index (κ3) is 2.30. The number of halogens is 1. The van der Waals surface area contributed by atoms with E-state index in [1.165, 1.54) is 6.92 Å². The molecule has 0 spiro atoms. The zero-order valence-corrected chi connectivity index (χ0v) is 5.49. The highest BCUT2D eigenvalue weighted by Crippen LogP contribution is 2.05. The lowest BCUT2D eigenvalue weighted by Crippen LogP contribution is -1.71. The highest BCUT2D eigenvalue weighted by atomic mass is 79.9. The summed E-state index contributed by atoms with van der Waals surface area (Å²) in [4.78, 5) is 0. The fourth-order valence-corrected chi connectivity index (χ4v) is 0.104. The molecule has 0 aliphatic heterocycles. The molecule has 0 rings (SSSR count). The average molecular weight is 161 g/mol. The van der Waals surface area contributed by atoms with Crippen LogP contribution in [0.15, 0.2) is 10.2 Å². The Bertz CT molecular complexity index is 126. The Morgan fingerprint density at radius 1 is 1.86 bits per heavy atom. The Hall–Kier alpha value is -0.420. The molecule has 0 radical (unpaired) electrons. The van der Waals surface area contributed by atoms with Gasteiger partial charge < -0.3 is 5.11 Å². The summed E-state index contributed by atoms with van der Waals surface area (Å²) in [7, 11) is 0. The number of hydrogen-bond donors (Lipinski definition) is 1. The van der Waals surface area contributed by atoms with Gasteiger partial charge in [0.05, 0.1) is 0 Å². The van der Waals surface area contributed by atoms with E-state index in [0.29, 0.717) is 4.48 Å². The Morgan fingerprint density at radius 2 is 2.29 bits per heavy atom. The van der Waals surface area contributed by atoms with Crippen molar-refractivity contribution in [2.75, 3.05) is 0 Å². The summed E-state index contributed by atoms with van der Waals surface area (Å²) in [6, 6.07) is 0. The first kappa shape index (κ1) is 6.58. The molecule has 0 unspecified atom stereocenters. The van der Waals surface area contributed by atoms with E-state index < -0.39 is 0 Å². The Kier molecular flexibility index (Phi) is 2.54. The third-order valence-electron chi connectivity index (χ3n) is 0.444. The normalized spacial score (nSPS) is 12.1. The van der Waals surface area contributed by atoms with Crippen LogP contribution in [-0.2, 0) is 0 Å². The first-order chi connectivity index (χ1) is 3.18. The largest absolute Gasteiger partial charge is 0.511 e. The Labute approximate surface area is 51.2 Å². The van der Waals surface area contributed by atoms with E-state index >= 15 is 0 Å². The maximum absolute atomic E-state index is 8.51. The lowest BCUT2D eigenvalue weighted by molar-refractivity contribution is 0.414. The summed E-state index contributed by atoms with van der Waals surface area (Å²) in [6.07, 6.45) is 4.86. The second-order valence-corrected chi connectivity index (χ2v) is 1.84. The number of allylic oxidation sites excluding steroid dienone is 2. The van der Waals surface area contributed by atoms with Crippen LogP contribution >= 0.6 is 15.9 Å². The van der Waals surface area contributed by atoms with E-state index in [0.717, 1.165) is 0 Å². The summed E-state index contributed by atoms with van der Waals surface area (Å²) in [5.41, 5.74) is 0. The average Bonchev–Trinajstić information content (AvgIpc) is 1.65. The molecular weight excluding hydrogens is 156 g/mol. The number of rotatable bonds is 0. The first-order valence-electron chi connectivity index (χ1n) is 1.70. The molecule has 0 aliphatic carbocycles. The fraction of sp³-hybridized carbons (Fsp3) is 0.200. The second-order valence-electron chi connectivity index (χ2n) is 1.04. The highest BCUT2D eigenvalue weighted by Gasteiger charge is 1.85. The molecule has 0 aromatic carbocycles. The van der Waals surface area contributed by atoms with Crippen LogP contribution in [0.5, 0.6) is 0 Å². The predicted molar refractivity (Wildman–Crippen MR) is 33.1 cm³/mol. The second kappa shape index (κ2) is 2.70. The maximum Gasteiger partial charge on any atom is 0.112 e. The van der Waals surface area contributed by atoms with Gasteiger partial charge in [-0.3, -0.25) is 0 Å². The van der Waals surface area contributed by atoms with Crippen molar-refractivity contribution in [2.24, 2.45) is 0 Å². The SMILES string of the molecule is C#C/C(Br)=C(/C)O. The van der Waals surface area contributed by atoms with Crippen LogP contribution in [0.4, 0.5) is 0 Å². The van der Waals surface area contributed by atoms with Crippen LogP contribution in [0.2, 0.25) is 0 Å². The lowest BCUT2D eigenvalue weighted by Gasteiger charge is -1.84. The Balaban J connectivity index is 4.07. The number of aliphatic hydroxyl groups is 1. The molecule has 0 bridgehead atoms. The molecule has 38 valence electrons. The van der Waals surface area contributed by atoms with Crippen LogP contribution in [0.25, 0.3) is 0 Å². The van der Waals surface area contributed by atoms with Crippen LogP contribution in [0, 0.1) is 12.3 Å². The van der Waals surface area contributed by atoms with Crippen LogP contribution in [-0.4, -0.2) is 5.11 Å². The summed E-state index contributed by atoms with van der Waals surface area (Å²) >= 11 is 2.93. The van der Waals surface area contributed by atoms with Gasteiger partial charge in [0.1, 0.15) is 10.2 Å². The van der Waals surface area contributed by atoms with Gasteiger partial charge in [-0.1, -0.05) is 5.92 Å². The maximum atomic E-state index is 8.51. The van der Waals surface area contributed by atoms with Crippen molar-refractivity contribution in [2.45, 2.75) is 6.92 Å². The van der Waals surface area contributed by atoms with E-state index in [4.69, 9.17) is 11.5 Å². The molecule has 0 fully saturated rings. The van der Waals surface area contributed by atoms with Crippen molar-refractivity contribution < 1.29 is 5.11 Å². The summed E-state index contributed by atoms with van der Waals surface area (Å²) in [5, 5.41) is 8.51. The smallest absolute Gasteiger partial charge is 0.112 e. The zero-order valence-electron chi connectivity index (χ0n) is 3.90.